The van der Waals surface area contributed by atoms with Crippen LogP contribution < -0.4 is 4.90 Å². The number of fused-ring (bicyclic) bond motifs is 1. The van der Waals surface area contributed by atoms with Gasteiger partial charge in [-0.05, 0) is 17.7 Å². The number of carbonyl (C=O) groups is 1. The number of benzene rings is 2. The van der Waals surface area contributed by atoms with Crippen LogP contribution in [0.5, 0.6) is 0 Å². The third-order valence-corrected chi connectivity index (χ3v) is 4.25. The Hall–Kier alpha value is -2.20. The van der Waals surface area contributed by atoms with Crippen LogP contribution in [0.2, 0.25) is 0 Å². The summed E-state index contributed by atoms with van der Waals surface area (Å²) in [4.78, 5) is 18.4. The number of thiazole rings is 1. The van der Waals surface area contributed by atoms with Crippen LogP contribution in [0.25, 0.3) is 10.2 Å². The van der Waals surface area contributed by atoms with E-state index >= 15 is 0 Å². The maximum absolute atomic E-state index is 12.3. The van der Waals surface area contributed by atoms with Crippen LogP contribution in [0.15, 0.2) is 54.6 Å². The molecular weight excluding hydrogens is 268 g/mol. The van der Waals surface area contributed by atoms with Gasteiger partial charge >= 0.3 is 0 Å². The van der Waals surface area contributed by atoms with Gasteiger partial charge in [-0.3, -0.25) is 9.69 Å². The first-order valence-electron chi connectivity index (χ1n) is 6.40. The van der Waals surface area contributed by atoms with Crippen molar-refractivity contribution in [1.82, 2.24) is 4.98 Å². The predicted octanol–water partition coefficient (Wildman–Crippen LogP) is 3.50. The summed E-state index contributed by atoms with van der Waals surface area (Å²) in [6.07, 6.45) is 0.396. The standard InChI is InChI=1S/C16H14N2OS/c1-18(15(19)11-12-7-3-2-4-8-12)16-17-13-9-5-6-10-14(13)20-16/h2-10H,11H2,1H3. The summed E-state index contributed by atoms with van der Waals surface area (Å²) in [6.45, 7) is 0. The van der Waals surface area contributed by atoms with E-state index in [0.717, 1.165) is 20.9 Å². The van der Waals surface area contributed by atoms with Crippen LogP contribution in [0.3, 0.4) is 0 Å². The Morgan fingerprint density at radius 1 is 1.10 bits per heavy atom. The highest BCUT2D eigenvalue weighted by molar-refractivity contribution is 7.22. The van der Waals surface area contributed by atoms with Gasteiger partial charge in [0.1, 0.15) is 0 Å². The highest BCUT2D eigenvalue weighted by atomic mass is 32.1. The Balaban J connectivity index is 1.81. The highest BCUT2D eigenvalue weighted by Crippen LogP contribution is 2.28. The van der Waals surface area contributed by atoms with E-state index in [4.69, 9.17) is 0 Å². The van der Waals surface area contributed by atoms with Crippen LogP contribution in [-0.4, -0.2) is 17.9 Å². The second-order valence-electron chi connectivity index (χ2n) is 4.58. The third-order valence-electron chi connectivity index (χ3n) is 3.14. The van der Waals surface area contributed by atoms with Crippen molar-refractivity contribution in [2.24, 2.45) is 0 Å². The van der Waals surface area contributed by atoms with Gasteiger partial charge < -0.3 is 0 Å². The molecule has 3 aromatic rings. The zero-order valence-corrected chi connectivity index (χ0v) is 11.9. The quantitative estimate of drug-likeness (QED) is 0.736. The predicted molar refractivity (Wildman–Crippen MR) is 83.2 cm³/mol. The first-order valence-corrected chi connectivity index (χ1v) is 7.22. The highest BCUT2D eigenvalue weighted by Gasteiger charge is 2.15. The number of para-hydroxylation sites is 1. The van der Waals surface area contributed by atoms with Crippen LogP contribution in [0.1, 0.15) is 5.56 Å². The monoisotopic (exact) mass is 282 g/mol. The van der Waals surface area contributed by atoms with Crippen molar-refractivity contribution >= 4 is 32.6 Å². The number of aromatic nitrogens is 1. The number of anilines is 1. The SMILES string of the molecule is CN(C(=O)Cc1ccccc1)c1nc2ccccc2s1. The molecule has 0 N–H and O–H groups in total. The largest absolute Gasteiger partial charge is 0.291 e. The van der Waals surface area contributed by atoms with Crippen molar-refractivity contribution in [3.05, 3.63) is 60.2 Å². The number of hydrogen-bond acceptors (Lipinski definition) is 3. The fraction of sp³-hybridized carbons (Fsp3) is 0.125. The maximum atomic E-state index is 12.3. The summed E-state index contributed by atoms with van der Waals surface area (Å²) in [5.74, 6) is 0.0512. The third kappa shape index (κ3) is 2.56. The number of nitrogens with zero attached hydrogens (tertiary/aromatic N) is 2. The summed E-state index contributed by atoms with van der Waals surface area (Å²) in [6, 6.07) is 17.7. The maximum Gasteiger partial charge on any atom is 0.232 e. The minimum Gasteiger partial charge on any atom is -0.291 e. The van der Waals surface area contributed by atoms with Gasteiger partial charge in [0.2, 0.25) is 5.91 Å². The van der Waals surface area contributed by atoms with Gasteiger partial charge in [-0.15, -0.1) is 0 Å². The molecule has 0 aliphatic carbocycles. The molecule has 100 valence electrons. The Labute approximate surface area is 121 Å². The van der Waals surface area contributed by atoms with Crippen LogP contribution in [-0.2, 0) is 11.2 Å². The van der Waals surface area contributed by atoms with Crippen molar-refractivity contribution in [2.45, 2.75) is 6.42 Å². The van der Waals surface area contributed by atoms with Crippen LogP contribution >= 0.6 is 11.3 Å². The first kappa shape index (κ1) is 12.8. The fourth-order valence-corrected chi connectivity index (χ4v) is 2.94. The molecule has 1 heterocycles. The molecule has 3 nitrogen and oxygen atoms in total. The average Bonchev–Trinajstić information content (AvgIpc) is 2.91. The van der Waals surface area contributed by atoms with Crippen molar-refractivity contribution in [2.75, 3.05) is 11.9 Å². The topological polar surface area (TPSA) is 33.2 Å². The second-order valence-corrected chi connectivity index (χ2v) is 5.59. The van der Waals surface area contributed by atoms with E-state index < -0.39 is 0 Å². The number of amides is 1. The van der Waals surface area contributed by atoms with E-state index in [1.807, 2.05) is 54.6 Å². The Morgan fingerprint density at radius 2 is 1.80 bits per heavy atom. The lowest BCUT2D eigenvalue weighted by atomic mass is 10.1. The molecule has 0 bridgehead atoms. The van der Waals surface area contributed by atoms with Gasteiger partial charge in [0.25, 0.3) is 0 Å². The van der Waals surface area contributed by atoms with E-state index in [0.29, 0.717) is 6.42 Å². The van der Waals surface area contributed by atoms with Crippen molar-refractivity contribution in [3.8, 4) is 0 Å². The molecule has 3 rings (SSSR count). The van der Waals surface area contributed by atoms with E-state index in [-0.39, 0.29) is 5.91 Å². The lowest BCUT2D eigenvalue weighted by Gasteiger charge is -2.13. The molecule has 0 unspecified atom stereocenters. The molecule has 4 heteroatoms. The summed E-state index contributed by atoms with van der Waals surface area (Å²) in [5.41, 5.74) is 1.96. The van der Waals surface area contributed by atoms with Crippen LogP contribution in [0, 0.1) is 0 Å². The van der Waals surface area contributed by atoms with Gasteiger partial charge in [-0.1, -0.05) is 53.8 Å². The van der Waals surface area contributed by atoms with E-state index in [9.17, 15) is 4.79 Å². The lowest BCUT2D eigenvalue weighted by Crippen LogP contribution is -2.27. The Bertz CT molecular complexity index is 703. The van der Waals surface area contributed by atoms with Crippen LogP contribution in [0.4, 0.5) is 5.13 Å². The minimum absolute atomic E-state index is 0.0512. The summed E-state index contributed by atoms with van der Waals surface area (Å²) >= 11 is 1.54. The van der Waals surface area contributed by atoms with Gasteiger partial charge in [-0.2, -0.15) is 0 Å². The molecule has 20 heavy (non-hydrogen) atoms. The second kappa shape index (κ2) is 5.43. The molecule has 2 aromatic carbocycles. The summed E-state index contributed by atoms with van der Waals surface area (Å²) in [7, 11) is 1.78. The summed E-state index contributed by atoms with van der Waals surface area (Å²) in [5, 5.41) is 0.743. The van der Waals surface area contributed by atoms with Crippen molar-refractivity contribution in [3.63, 3.8) is 0 Å². The molecule has 0 radical (unpaired) electrons. The molecule has 0 aliphatic heterocycles. The molecule has 0 saturated carbocycles. The van der Waals surface area contributed by atoms with Crippen molar-refractivity contribution in [1.29, 1.82) is 0 Å². The molecule has 0 spiro atoms. The van der Waals surface area contributed by atoms with Gasteiger partial charge in [0.15, 0.2) is 5.13 Å². The van der Waals surface area contributed by atoms with Gasteiger partial charge in [-0.25, -0.2) is 4.98 Å². The summed E-state index contributed by atoms with van der Waals surface area (Å²) < 4.78 is 1.10. The Kier molecular flexibility index (Phi) is 3.48. The molecule has 1 aromatic heterocycles. The van der Waals surface area contributed by atoms with Gasteiger partial charge in [0, 0.05) is 7.05 Å². The lowest BCUT2D eigenvalue weighted by molar-refractivity contribution is -0.117. The zero-order valence-electron chi connectivity index (χ0n) is 11.1. The number of likely N-dealkylation sites (N-methyl/N-ethyl adjacent to an activating group) is 1. The number of carbonyl (C=O) groups excluding carboxylic acids is 1. The molecule has 0 fully saturated rings. The molecular formula is C16H14N2OS. The minimum atomic E-state index is 0.0512. The normalized spacial score (nSPS) is 10.7. The number of hydrogen-bond donors (Lipinski definition) is 0. The zero-order chi connectivity index (χ0) is 13.9. The number of rotatable bonds is 3. The van der Waals surface area contributed by atoms with Gasteiger partial charge in [0.05, 0.1) is 16.6 Å². The van der Waals surface area contributed by atoms with E-state index in [2.05, 4.69) is 4.98 Å². The van der Waals surface area contributed by atoms with E-state index in [1.165, 1.54) is 11.3 Å². The van der Waals surface area contributed by atoms with E-state index in [1.54, 1.807) is 11.9 Å². The Morgan fingerprint density at radius 3 is 2.55 bits per heavy atom. The molecule has 0 aliphatic rings. The molecule has 0 saturated heterocycles. The smallest absolute Gasteiger partial charge is 0.232 e. The molecule has 0 atom stereocenters. The fourth-order valence-electron chi connectivity index (χ4n) is 2.00. The first-order chi connectivity index (χ1) is 9.74. The average molecular weight is 282 g/mol. The molecule has 1 amide bonds. The van der Waals surface area contributed by atoms with Crippen molar-refractivity contribution < 1.29 is 4.79 Å².